The van der Waals surface area contributed by atoms with Gasteiger partial charge in [0.05, 0.1) is 5.56 Å². The zero-order valence-electron chi connectivity index (χ0n) is 11.1. The normalized spacial score (nSPS) is 10.9. The largest absolute Gasteiger partial charge is 1.00 e. The maximum Gasteiger partial charge on any atom is 1.00 e. The van der Waals surface area contributed by atoms with Crippen molar-refractivity contribution in [2.45, 2.75) is 6.61 Å². The number of ether oxygens (including phenoxy) is 1. The van der Waals surface area contributed by atoms with Crippen LogP contribution in [0.25, 0.3) is 0 Å². The number of halogens is 5. The monoisotopic (exact) mass is 326 g/mol. The minimum Gasteiger partial charge on any atom is -0.489 e. The zero-order chi connectivity index (χ0) is 14.8. The molecule has 0 aliphatic carbocycles. The topological polar surface area (TPSA) is 9.23 Å². The molecule has 106 valence electrons. The van der Waals surface area contributed by atoms with Crippen LogP contribution in [0.2, 0.25) is 0 Å². The predicted molar refractivity (Wildman–Crippen MR) is 65.8 cm³/mol. The molecule has 21 heavy (non-hydrogen) atoms. The van der Waals surface area contributed by atoms with Gasteiger partial charge < -0.3 is 17.7 Å². The zero-order valence-corrected chi connectivity index (χ0v) is 14.2. The van der Waals surface area contributed by atoms with Crippen LogP contribution in [0, 0.1) is 11.6 Å². The van der Waals surface area contributed by atoms with E-state index in [0.717, 1.165) is 36.4 Å². The standard InChI is InChI=1S/C13H9BF5O.K/c15-12-2-1-3-13(16)11(12)8-20-10-6-4-9(5-7-10)14(17,18)19;/h1-7H,8H2;/q-1;+1. The molecule has 0 fully saturated rings. The van der Waals surface area contributed by atoms with E-state index in [1.54, 1.807) is 0 Å². The van der Waals surface area contributed by atoms with Crippen molar-refractivity contribution in [1.82, 2.24) is 0 Å². The van der Waals surface area contributed by atoms with E-state index < -0.39 is 30.7 Å². The number of benzene rings is 2. The van der Waals surface area contributed by atoms with E-state index in [-0.39, 0.29) is 62.7 Å². The van der Waals surface area contributed by atoms with Gasteiger partial charge in [-0.15, -0.1) is 5.46 Å². The maximum atomic E-state index is 13.3. The van der Waals surface area contributed by atoms with E-state index in [1.807, 2.05) is 0 Å². The molecule has 0 aromatic heterocycles. The summed E-state index contributed by atoms with van der Waals surface area (Å²) >= 11 is 0. The van der Waals surface area contributed by atoms with E-state index in [0.29, 0.717) is 0 Å². The van der Waals surface area contributed by atoms with Crippen molar-refractivity contribution in [2.75, 3.05) is 0 Å². The molecule has 2 aromatic carbocycles. The summed E-state index contributed by atoms with van der Waals surface area (Å²) < 4.78 is 68.9. The Morgan fingerprint density at radius 3 is 1.86 bits per heavy atom. The molecule has 0 unspecified atom stereocenters. The van der Waals surface area contributed by atoms with Gasteiger partial charge in [0.1, 0.15) is 24.0 Å². The summed E-state index contributed by atoms with van der Waals surface area (Å²) in [5.41, 5.74) is -1.02. The summed E-state index contributed by atoms with van der Waals surface area (Å²) in [6.45, 7) is -5.46. The molecule has 0 bridgehead atoms. The SMILES string of the molecule is Fc1cccc(F)c1COc1ccc([B-](F)(F)F)cc1.[K+]. The first-order valence-electron chi connectivity index (χ1n) is 5.73. The van der Waals surface area contributed by atoms with Crippen LogP contribution in [0.3, 0.4) is 0 Å². The summed E-state index contributed by atoms with van der Waals surface area (Å²) in [5, 5.41) is 0. The first kappa shape index (κ1) is 18.6. The van der Waals surface area contributed by atoms with Gasteiger partial charge in [-0.05, 0) is 24.3 Å². The predicted octanol–water partition coefficient (Wildman–Crippen LogP) is 0.602. The number of rotatable bonds is 4. The molecule has 2 aromatic rings. The second-order valence-electron chi connectivity index (χ2n) is 4.13. The van der Waals surface area contributed by atoms with Gasteiger partial charge in [-0.3, -0.25) is 0 Å². The van der Waals surface area contributed by atoms with Crippen molar-refractivity contribution in [2.24, 2.45) is 0 Å². The van der Waals surface area contributed by atoms with Crippen molar-refractivity contribution >= 4 is 12.4 Å². The van der Waals surface area contributed by atoms with Crippen molar-refractivity contribution in [3.63, 3.8) is 0 Å². The van der Waals surface area contributed by atoms with Gasteiger partial charge in [0.25, 0.3) is 0 Å². The minimum absolute atomic E-state index is 0. The summed E-state index contributed by atoms with van der Waals surface area (Å²) in [7, 11) is 0. The molecule has 0 atom stereocenters. The Morgan fingerprint density at radius 1 is 0.857 bits per heavy atom. The number of hydrogen-bond donors (Lipinski definition) is 0. The van der Waals surface area contributed by atoms with Gasteiger partial charge in [0, 0.05) is 0 Å². The van der Waals surface area contributed by atoms with Gasteiger partial charge >= 0.3 is 58.4 Å². The molecular weight excluding hydrogens is 317 g/mol. The Hall–Kier alpha value is -0.409. The van der Waals surface area contributed by atoms with Crippen LogP contribution in [-0.2, 0) is 6.61 Å². The Bertz CT molecular complexity index is 580. The van der Waals surface area contributed by atoms with E-state index >= 15 is 0 Å². The molecule has 0 amide bonds. The quantitative estimate of drug-likeness (QED) is 0.591. The van der Waals surface area contributed by atoms with E-state index in [9.17, 15) is 21.7 Å². The van der Waals surface area contributed by atoms with Crippen LogP contribution in [0.15, 0.2) is 42.5 Å². The van der Waals surface area contributed by atoms with E-state index in [4.69, 9.17) is 4.74 Å². The summed E-state index contributed by atoms with van der Waals surface area (Å²) in [6, 6.07) is 7.34. The van der Waals surface area contributed by atoms with Gasteiger partial charge in [-0.2, -0.15) is 0 Å². The van der Waals surface area contributed by atoms with Gasteiger partial charge in [-0.25, -0.2) is 8.78 Å². The van der Waals surface area contributed by atoms with Gasteiger partial charge in [-0.1, -0.05) is 18.2 Å². The molecule has 0 aliphatic rings. The van der Waals surface area contributed by atoms with Crippen LogP contribution in [-0.4, -0.2) is 6.98 Å². The minimum atomic E-state index is -5.07. The Labute approximate surface area is 161 Å². The molecule has 0 saturated heterocycles. The molecule has 0 heterocycles. The maximum absolute atomic E-state index is 13.3. The van der Waals surface area contributed by atoms with Crippen LogP contribution in [0.4, 0.5) is 21.7 Å². The first-order valence-corrected chi connectivity index (χ1v) is 5.73. The molecule has 1 nitrogen and oxygen atoms in total. The second kappa shape index (κ2) is 7.73. The molecule has 8 heteroatoms. The van der Waals surface area contributed by atoms with Gasteiger partial charge in [0.15, 0.2) is 0 Å². The Morgan fingerprint density at radius 2 is 1.38 bits per heavy atom. The second-order valence-corrected chi connectivity index (χ2v) is 4.13. The number of hydrogen-bond acceptors (Lipinski definition) is 1. The van der Waals surface area contributed by atoms with Crippen LogP contribution < -0.4 is 61.6 Å². The smallest absolute Gasteiger partial charge is 0.489 e. The molecule has 0 N–H and O–H groups in total. The fraction of sp³-hybridized carbons (Fsp3) is 0.0769. The Balaban J connectivity index is 0.00000220. The molecule has 0 aliphatic heterocycles. The molecule has 0 radical (unpaired) electrons. The summed E-state index contributed by atoms with van der Waals surface area (Å²) in [4.78, 5) is 0. The van der Waals surface area contributed by atoms with Gasteiger partial charge in [0.2, 0.25) is 0 Å². The molecule has 2 rings (SSSR count). The third kappa shape index (κ3) is 5.07. The molecular formula is C13H9BF5KO. The third-order valence-electron chi connectivity index (χ3n) is 2.70. The fourth-order valence-electron chi connectivity index (χ4n) is 1.61. The summed E-state index contributed by atoms with van der Waals surface area (Å²) in [5.74, 6) is -1.42. The average Bonchev–Trinajstić information content (AvgIpc) is 2.37. The Kier molecular flexibility index (Phi) is 6.86. The van der Waals surface area contributed by atoms with Crippen molar-refractivity contribution in [1.29, 1.82) is 0 Å². The van der Waals surface area contributed by atoms with Crippen LogP contribution in [0.5, 0.6) is 5.75 Å². The third-order valence-corrected chi connectivity index (χ3v) is 2.70. The van der Waals surface area contributed by atoms with E-state index in [2.05, 4.69) is 0 Å². The van der Waals surface area contributed by atoms with Crippen LogP contribution >= 0.6 is 0 Å². The first-order chi connectivity index (χ1) is 9.38. The average molecular weight is 326 g/mol. The van der Waals surface area contributed by atoms with Crippen molar-refractivity contribution in [3.8, 4) is 5.75 Å². The van der Waals surface area contributed by atoms with Crippen molar-refractivity contribution < 1.29 is 77.8 Å². The fourth-order valence-corrected chi connectivity index (χ4v) is 1.61. The van der Waals surface area contributed by atoms with Crippen LogP contribution in [0.1, 0.15) is 5.56 Å². The summed E-state index contributed by atoms with van der Waals surface area (Å²) in [6.07, 6.45) is 0. The molecule has 0 spiro atoms. The van der Waals surface area contributed by atoms with E-state index in [1.165, 1.54) is 6.07 Å². The molecule has 0 saturated carbocycles. The van der Waals surface area contributed by atoms with Crippen molar-refractivity contribution in [3.05, 3.63) is 59.7 Å².